The standard InChI is InChI=1S/C14H18F3NS.ClH/c15-14(16,17)19-12-8-6-11(7-9-12)13(18)10-4-2-1-3-5-10;/h6-10,13H,1-5,18H2;1H/t13-;/m0./s1. The monoisotopic (exact) mass is 325 g/mol. The van der Waals surface area contributed by atoms with Crippen molar-refractivity contribution in [3.63, 3.8) is 0 Å². The number of nitrogens with two attached hydrogens (primary N) is 1. The molecule has 114 valence electrons. The molecule has 0 saturated heterocycles. The molecule has 1 aromatic carbocycles. The predicted molar refractivity (Wildman–Crippen MR) is 79.1 cm³/mol. The van der Waals surface area contributed by atoms with Gasteiger partial charge >= 0.3 is 5.51 Å². The number of halogens is 4. The molecule has 0 radical (unpaired) electrons. The van der Waals surface area contributed by atoms with Crippen LogP contribution in [0.4, 0.5) is 13.2 Å². The van der Waals surface area contributed by atoms with Crippen LogP contribution in [0.15, 0.2) is 29.2 Å². The van der Waals surface area contributed by atoms with Crippen molar-refractivity contribution in [3.05, 3.63) is 29.8 Å². The molecule has 1 aromatic rings. The van der Waals surface area contributed by atoms with Gasteiger partial charge in [-0.1, -0.05) is 31.4 Å². The van der Waals surface area contributed by atoms with Gasteiger partial charge in [-0.25, -0.2) is 0 Å². The molecule has 1 fully saturated rings. The van der Waals surface area contributed by atoms with Crippen molar-refractivity contribution in [1.82, 2.24) is 0 Å². The minimum atomic E-state index is -4.23. The first kappa shape index (κ1) is 17.7. The summed E-state index contributed by atoms with van der Waals surface area (Å²) in [6, 6.07) is 6.43. The normalized spacial score (nSPS) is 18.4. The Morgan fingerprint density at radius 3 is 2.10 bits per heavy atom. The van der Waals surface area contributed by atoms with Crippen molar-refractivity contribution in [2.24, 2.45) is 11.7 Å². The Kier molecular flexibility index (Phi) is 6.69. The van der Waals surface area contributed by atoms with Gasteiger partial charge in [0.05, 0.1) is 0 Å². The van der Waals surface area contributed by atoms with Gasteiger partial charge in [0.2, 0.25) is 0 Å². The molecule has 1 atom stereocenters. The van der Waals surface area contributed by atoms with Gasteiger partial charge in [0.1, 0.15) is 0 Å². The van der Waals surface area contributed by atoms with Crippen LogP contribution in [0, 0.1) is 5.92 Å². The lowest BCUT2D eigenvalue weighted by Gasteiger charge is -2.27. The molecule has 0 spiro atoms. The van der Waals surface area contributed by atoms with Crippen LogP contribution in [0.25, 0.3) is 0 Å². The molecule has 0 aromatic heterocycles. The number of hydrogen-bond donors (Lipinski definition) is 1. The second-order valence-corrected chi connectivity index (χ2v) is 6.18. The third-order valence-corrected chi connectivity index (χ3v) is 4.40. The fourth-order valence-corrected chi connectivity index (χ4v) is 3.20. The molecule has 0 aliphatic heterocycles. The SMILES string of the molecule is Cl.N[C@H](c1ccc(SC(F)(F)F)cc1)C1CCCCC1. The summed E-state index contributed by atoms with van der Waals surface area (Å²) < 4.78 is 36.7. The fraction of sp³-hybridized carbons (Fsp3) is 0.571. The van der Waals surface area contributed by atoms with E-state index in [-0.39, 0.29) is 35.1 Å². The van der Waals surface area contributed by atoms with Gasteiger partial charge < -0.3 is 5.73 Å². The highest BCUT2D eigenvalue weighted by molar-refractivity contribution is 8.00. The number of rotatable bonds is 3. The molecule has 0 amide bonds. The third-order valence-electron chi connectivity index (χ3n) is 3.66. The maximum atomic E-state index is 12.2. The van der Waals surface area contributed by atoms with E-state index in [1.54, 1.807) is 12.1 Å². The smallest absolute Gasteiger partial charge is 0.324 e. The molecule has 1 nitrogen and oxygen atoms in total. The second kappa shape index (κ2) is 7.57. The zero-order valence-electron chi connectivity index (χ0n) is 11.0. The molecule has 6 heteroatoms. The maximum absolute atomic E-state index is 12.2. The Hall–Kier alpha value is -0.390. The Balaban J connectivity index is 0.00000200. The minimum absolute atomic E-state index is 0. The van der Waals surface area contributed by atoms with Gasteiger partial charge in [0.15, 0.2) is 0 Å². The molecular formula is C14H19ClF3NS. The topological polar surface area (TPSA) is 26.0 Å². The zero-order valence-corrected chi connectivity index (χ0v) is 12.7. The Morgan fingerprint density at radius 1 is 1.05 bits per heavy atom. The number of thioether (sulfide) groups is 1. The summed E-state index contributed by atoms with van der Waals surface area (Å²) in [6.45, 7) is 0. The molecular weight excluding hydrogens is 307 g/mol. The average molecular weight is 326 g/mol. The van der Waals surface area contributed by atoms with Gasteiger partial charge in [-0.15, -0.1) is 12.4 Å². The van der Waals surface area contributed by atoms with Gasteiger partial charge in [-0.3, -0.25) is 0 Å². The van der Waals surface area contributed by atoms with Crippen LogP contribution < -0.4 is 5.73 Å². The van der Waals surface area contributed by atoms with Crippen molar-refractivity contribution in [2.75, 3.05) is 0 Å². The molecule has 1 saturated carbocycles. The summed E-state index contributed by atoms with van der Waals surface area (Å²) in [7, 11) is 0. The minimum Gasteiger partial charge on any atom is -0.324 e. The Bertz CT molecular complexity index is 402. The van der Waals surface area contributed by atoms with E-state index in [0.29, 0.717) is 5.92 Å². The van der Waals surface area contributed by atoms with Crippen LogP contribution >= 0.6 is 24.2 Å². The fourth-order valence-electron chi connectivity index (χ4n) is 2.66. The highest BCUT2D eigenvalue weighted by Gasteiger charge is 2.29. The largest absolute Gasteiger partial charge is 0.446 e. The lowest BCUT2D eigenvalue weighted by Crippen LogP contribution is -2.23. The van der Waals surface area contributed by atoms with Gasteiger partial charge in [-0.2, -0.15) is 13.2 Å². The van der Waals surface area contributed by atoms with Gasteiger partial charge in [0.25, 0.3) is 0 Å². The number of hydrogen-bond acceptors (Lipinski definition) is 2. The van der Waals surface area contributed by atoms with Gasteiger partial charge in [0, 0.05) is 10.9 Å². The zero-order chi connectivity index (χ0) is 13.9. The van der Waals surface area contributed by atoms with Crippen LogP contribution in [-0.4, -0.2) is 5.51 Å². The molecule has 0 heterocycles. The average Bonchev–Trinajstić information content (AvgIpc) is 2.38. The molecule has 0 unspecified atom stereocenters. The van der Waals surface area contributed by atoms with E-state index < -0.39 is 5.51 Å². The first-order chi connectivity index (χ1) is 8.96. The first-order valence-electron chi connectivity index (χ1n) is 6.57. The Morgan fingerprint density at radius 2 is 1.60 bits per heavy atom. The quantitative estimate of drug-likeness (QED) is 0.763. The Labute approximate surface area is 127 Å². The molecule has 1 aliphatic carbocycles. The third kappa shape index (κ3) is 5.19. The van der Waals surface area contributed by atoms with Crippen LogP contribution in [0.3, 0.4) is 0 Å². The van der Waals surface area contributed by atoms with E-state index >= 15 is 0 Å². The highest BCUT2D eigenvalue weighted by atomic mass is 35.5. The number of benzene rings is 1. The van der Waals surface area contributed by atoms with Crippen molar-refractivity contribution in [1.29, 1.82) is 0 Å². The second-order valence-electron chi connectivity index (χ2n) is 5.04. The molecule has 1 aliphatic rings. The lowest BCUT2D eigenvalue weighted by atomic mass is 9.81. The molecule has 0 bridgehead atoms. The van der Waals surface area contributed by atoms with Gasteiger partial charge in [-0.05, 0) is 48.2 Å². The summed E-state index contributed by atoms with van der Waals surface area (Å²) in [5.74, 6) is 0.467. The summed E-state index contributed by atoms with van der Waals surface area (Å²) in [4.78, 5) is 0.215. The van der Waals surface area contributed by atoms with Crippen molar-refractivity contribution >= 4 is 24.2 Å². The molecule has 2 rings (SSSR count). The maximum Gasteiger partial charge on any atom is 0.446 e. The molecule has 20 heavy (non-hydrogen) atoms. The first-order valence-corrected chi connectivity index (χ1v) is 7.38. The van der Waals surface area contributed by atoms with Crippen LogP contribution in [-0.2, 0) is 0 Å². The summed E-state index contributed by atoms with van der Waals surface area (Å²) >= 11 is -0.0841. The summed E-state index contributed by atoms with van der Waals surface area (Å²) in [6.07, 6.45) is 5.94. The summed E-state index contributed by atoms with van der Waals surface area (Å²) in [5.41, 5.74) is 2.93. The van der Waals surface area contributed by atoms with Crippen molar-refractivity contribution < 1.29 is 13.2 Å². The van der Waals surface area contributed by atoms with E-state index in [4.69, 9.17) is 5.73 Å². The van der Waals surface area contributed by atoms with Crippen LogP contribution in [0.2, 0.25) is 0 Å². The van der Waals surface area contributed by atoms with E-state index in [9.17, 15) is 13.2 Å². The van der Waals surface area contributed by atoms with Crippen LogP contribution in [0.1, 0.15) is 43.7 Å². The highest BCUT2D eigenvalue weighted by Crippen LogP contribution is 2.38. The van der Waals surface area contributed by atoms with E-state index in [2.05, 4.69) is 0 Å². The summed E-state index contributed by atoms with van der Waals surface area (Å²) in [5, 5.41) is 0. The van der Waals surface area contributed by atoms with Crippen molar-refractivity contribution in [3.8, 4) is 0 Å². The van der Waals surface area contributed by atoms with Crippen molar-refractivity contribution in [2.45, 2.75) is 48.5 Å². The van der Waals surface area contributed by atoms with E-state index in [1.165, 1.54) is 31.4 Å². The molecule has 2 N–H and O–H groups in total. The van der Waals surface area contributed by atoms with E-state index in [0.717, 1.165) is 18.4 Å². The lowest BCUT2D eigenvalue weighted by molar-refractivity contribution is -0.0328. The van der Waals surface area contributed by atoms with E-state index in [1.807, 2.05) is 0 Å². The predicted octanol–water partition coefficient (Wildman–Crippen LogP) is 5.30. The van der Waals surface area contributed by atoms with Crippen LogP contribution in [0.5, 0.6) is 0 Å². The number of alkyl halides is 3.